The van der Waals surface area contributed by atoms with Crippen LogP contribution in [0.4, 0.5) is 0 Å². The van der Waals surface area contributed by atoms with Crippen LogP contribution in [0, 0.1) is 5.92 Å². The molecule has 0 saturated carbocycles. The highest BCUT2D eigenvalue weighted by atomic mass is 35.5. The van der Waals surface area contributed by atoms with Gasteiger partial charge < -0.3 is 24.7 Å². The summed E-state index contributed by atoms with van der Waals surface area (Å²) in [4.78, 5) is 48.8. The van der Waals surface area contributed by atoms with Crippen LogP contribution in [0.1, 0.15) is 50.9 Å². The van der Waals surface area contributed by atoms with Crippen LogP contribution in [0.2, 0.25) is 10.0 Å². The third-order valence-electron chi connectivity index (χ3n) is 4.50. The number of esters is 1. The molecule has 0 aliphatic carbocycles. The fraction of sp³-hybridized carbons (Fsp3) is 0.524. The number of carbonyl (C=O) groups excluding carboxylic acids is 4. The van der Waals surface area contributed by atoms with E-state index in [-0.39, 0.29) is 35.6 Å². The van der Waals surface area contributed by atoms with Gasteiger partial charge in [0.15, 0.2) is 6.10 Å². The number of nitrogens with one attached hydrogen (secondary N) is 2. The first-order valence-corrected chi connectivity index (χ1v) is 11.3. The quantitative estimate of drug-likeness (QED) is 0.374. The number of benzene rings is 1. The second-order valence-electron chi connectivity index (χ2n) is 8.28. The molecule has 0 aromatic heterocycles. The minimum atomic E-state index is -1.11. The summed E-state index contributed by atoms with van der Waals surface area (Å²) in [5.41, 5.74) is 0.139. The minimum Gasteiger partial charge on any atom is -0.506 e. The molecule has 2 amide bonds. The normalized spacial score (nSPS) is 16.5. The Morgan fingerprint density at radius 2 is 1.88 bits per heavy atom. The largest absolute Gasteiger partial charge is 0.552 e. The maximum Gasteiger partial charge on any atom is 0.552 e. The number of halogens is 2. The Hall–Kier alpha value is -2.30. The molecule has 2 atom stereocenters. The molecule has 1 aliphatic heterocycles. The van der Waals surface area contributed by atoms with E-state index < -0.39 is 42.9 Å². The lowest BCUT2D eigenvalue weighted by atomic mass is 9.74. The number of ether oxygens (including phenoxy) is 1. The van der Waals surface area contributed by atoms with Crippen molar-refractivity contribution in [3.05, 3.63) is 33.8 Å². The van der Waals surface area contributed by atoms with Gasteiger partial charge in [-0.25, -0.2) is 0 Å². The highest BCUT2D eigenvalue weighted by Gasteiger charge is 2.47. The molecule has 180 valence electrons. The SMILES string of the molecule is CC(C)C[C@H](NC(=O)CNC(=O)c1cc(Cl)ccc1Cl)B1OC(=O)[C@H](CC(=O)OC(C)C)O1. The molecule has 9 nitrogen and oxygen atoms in total. The minimum absolute atomic E-state index is 0.127. The molecule has 1 aromatic rings. The Balaban J connectivity index is 1.96. The van der Waals surface area contributed by atoms with Gasteiger partial charge in [0.2, 0.25) is 5.91 Å². The van der Waals surface area contributed by atoms with Crippen LogP contribution in [-0.4, -0.2) is 55.6 Å². The smallest absolute Gasteiger partial charge is 0.506 e. The van der Waals surface area contributed by atoms with Crippen molar-refractivity contribution >= 4 is 54.1 Å². The van der Waals surface area contributed by atoms with Crippen molar-refractivity contribution < 1.29 is 33.2 Å². The molecule has 1 fully saturated rings. The molecule has 0 unspecified atom stereocenters. The number of rotatable bonds is 10. The Morgan fingerprint density at radius 3 is 2.52 bits per heavy atom. The van der Waals surface area contributed by atoms with Gasteiger partial charge in [-0.1, -0.05) is 37.0 Å². The molecule has 1 heterocycles. The van der Waals surface area contributed by atoms with Crippen molar-refractivity contribution in [3.63, 3.8) is 0 Å². The fourth-order valence-corrected chi connectivity index (χ4v) is 3.51. The molecule has 1 aromatic carbocycles. The molecule has 2 rings (SSSR count). The molecule has 0 bridgehead atoms. The molecule has 0 spiro atoms. The van der Waals surface area contributed by atoms with E-state index in [1.807, 2.05) is 13.8 Å². The standard InChI is InChI=1S/C21H27BCl2N2O7/c1-11(2)7-17(22-32-16(21(30)33-22)9-19(28)31-12(3)4)26-18(27)10-25-20(29)14-8-13(23)5-6-15(14)24/h5-6,8,11-12,16-17H,7,9-10H2,1-4H3,(H,25,29)(H,26,27)/t16-,17-/m0/s1. The van der Waals surface area contributed by atoms with Crippen molar-refractivity contribution in [1.29, 1.82) is 0 Å². The first-order valence-electron chi connectivity index (χ1n) is 10.5. The molecule has 0 radical (unpaired) electrons. The van der Waals surface area contributed by atoms with Crippen molar-refractivity contribution in [2.24, 2.45) is 5.92 Å². The van der Waals surface area contributed by atoms with E-state index in [1.54, 1.807) is 19.9 Å². The van der Waals surface area contributed by atoms with E-state index in [4.69, 9.17) is 37.2 Å². The number of hydrogen-bond donors (Lipinski definition) is 2. The average molecular weight is 501 g/mol. The van der Waals surface area contributed by atoms with Crippen LogP contribution in [0.15, 0.2) is 18.2 Å². The molecular formula is C21H27BCl2N2O7. The van der Waals surface area contributed by atoms with Crippen molar-refractivity contribution in [3.8, 4) is 0 Å². The summed E-state index contributed by atoms with van der Waals surface area (Å²) in [7, 11) is -1.07. The van der Waals surface area contributed by atoms with Crippen LogP contribution >= 0.6 is 23.2 Å². The zero-order chi connectivity index (χ0) is 24.7. The summed E-state index contributed by atoms with van der Waals surface area (Å²) in [5, 5.41) is 5.72. The second kappa shape index (κ2) is 12.2. The van der Waals surface area contributed by atoms with Gasteiger partial charge in [0.1, 0.15) is 0 Å². The van der Waals surface area contributed by atoms with E-state index in [0.717, 1.165) is 0 Å². The molecule has 1 aliphatic rings. The Labute approximate surface area is 202 Å². The van der Waals surface area contributed by atoms with Gasteiger partial charge in [-0.05, 0) is 44.4 Å². The lowest BCUT2D eigenvalue weighted by Crippen LogP contribution is -2.50. The van der Waals surface area contributed by atoms with Gasteiger partial charge in [0.05, 0.1) is 35.6 Å². The summed E-state index contributed by atoms with van der Waals surface area (Å²) in [6.45, 7) is 6.90. The first-order chi connectivity index (χ1) is 15.5. The predicted molar refractivity (Wildman–Crippen MR) is 123 cm³/mol. The lowest BCUT2D eigenvalue weighted by Gasteiger charge is -2.21. The molecule has 12 heteroatoms. The molecule has 33 heavy (non-hydrogen) atoms. The molecule has 2 N–H and O–H groups in total. The summed E-state index contributed by atoms with van der Waals surface area (Å²) < 4.78 is 15.9. The maximum absolute atomic E-state index is 12.5. The fourth-order valence-electron chi connectivity index (χ4n) is 3.14. The van der Waals surface area contributed by atoms with Crippen LogP contribution in [-0.2, 0) is 28.4 Å². The number of carbonyl (C=O) groups is 4. The molecule has 1 saturated heterocycles. The summed E-state index contributed by atoms with van der Waals surface area (Å²) in [5.74, 6) is -2.92. The Bertz CT molecular complexity index is 897. The van der Waals surface area contributed by atoms with Gasteiger partial charge in [-0.15, -0.1) is 0 Å². The van der Waals surface area contributed by atoms with Crippen LogP contribution in [0.5, 0.6) is 0 Å². The maximum atomic E-state index is 12.5. The van der Waals surface area contributed by atoms with Crippen molar-refractivity contribution in [2.75, 3.05) is 6.54 Å². The monoisotopic (exact) mass is 500 g/mol. The second-order valence-corrected chi connectivity index (χ2v) is 9.13. The van der Waals surface area contributed by atoms with Crippen LogP contribution in [0.3, 0.4) is 0 Å². The third-order valence-corrected chi connectivity index (χ3v) is 5.06. The van der Waals surface area contributed by atoms with Gasteiger partial charge in [-0.2, -0.15) is 0 Å². The average Bonchev–Trinajstić information content (AvgIpc) is 3.06. The summed E-state index contributed by atoms with van der Waals surface area (Å²) in [6, 6.07) is 4.42. The van der Waals surface area contributed by atoms with E-state index in [0.29, 0.717) is 11.4 Å². The van der Waals surface area contributed by atoms with Gasteiger partial charge in [-0.3, -0.25) is 19.2 Å². The summed E-state index contributed by atoms with van der Waals surface area (Å²) >= 11 is 11.9. The Morgan fingerprint density at radius 1 is 1.18 bits per heavy atom. The number of amides is 2. The lowest BCUT2D eigenvalue weighted by molar-refractivity contribution is -0.152. The first kappa shape index (κ1) is 27.0. The van der Waals surface area contributed by atoms with E-state index in [1.165, 1.54) is 12.1 Å². The topological polar surface area (TPSA) is 120 Å². The number of hydrogen-bond acceptors (Lipinski definition) is 7. The Kier molecular flexibility index (Phi) is 10.0. The van der Waals surface area contributed by atoms with E-state index in [2.05, 4.69) is 10.6 Å². The zero-order valence-electron chi connectivity index (χ0n) is 18.9. The highest BCUT2D eigenvalue weighted by molar-refractivity contribution is 6.51. The van der Waals surface area contributed by atoms with E-state index in [9.17, 15) is 19.2 Å². The van der Waals surface area contributed by atoms with Crippen molar-refractivity contribution in [2.45, 2.75) is 58.7 Å². The highest BCUT2D eigenvalue weighted by Crippen LogP contribution is 2.21. The third kappa shape index (κ3) is 8.53. The van der Waals surface area contributed by atoms with Gasteiger partial charge in [0, 0.05) is 5.02 Å². The van der Waals surface area contributed by atoms with Crippen LogP contribution in [0.25, 0.3) is 0 Å². The molecular weight excluding hydrogens is 474 g/mol. The summed E-state index contributed by atoms with van der Waals surface area (Å²) in [6.07, 6.45) is -1.29. The predicted octanol–water partition coefficient (Wildman–Crippen LogP) is 2.57. The van der Waals surface area contributed by atoms with Gasteiger partial charge in [0.25, 0.3) is 5.91 Å². The van der Waals surface area contributed by atoms with Gasteiger partial charge >= 0.3 is 19.1 Å². The van der Waals surface area contributed by atoms with Crippen LogP contribution < -0.4 is 10.6 Å². The van der Waals surface area contributed by atoms with Crippen molar-refractivity contribution in [1.82, 2.24) is 10.6 Å². The zero-order valence-corrected chi connectivity index (χ0v) is 20.4. The van der Waals surface area contributed by atoms with E-state index >= 15 is 0 Å².